The van der Waals surface area contributed by atoms with Gasteiger partial charge in [0.05, 0.1) is 0 Å². The van der Waals surface area contributed by atoms with E-state index in [9.17, 15) is 9.59 Å². The molecule has 4 heterocycles. The van der Waals surface area contributed by atoms with Gasteiger partial charge in [-0.05, 0) is 31.8 Å². The van der Waals surface area contributed by atoms with Crippen LogP contribution in [0.4, 0.5) is 0 Å². The molecule has 0 aromatic carbocycles. The molecule has 0 bridgehead atoms. The Balaban J connectivity index is 1.53. The van der Waals surface area contributed by atoms with Gasteiger partial charge in [0, 0.05) is 13.3 Å². The first-order valence-corrected chi connectivity index (χ1v) is 10.4. The maximum Gasteiger partial charge on any atom is 0.333 e. The molecule has 0 radical (unpaired) electrons. The van der Waals surface area contributed by atoms with E-state index in [4.69, 9.17) is 23.7 Å². The van der Waals surface area contributed by atoms with E-state index < -0.39 is 46.5 Å². The number of cyclic esters (lactones) is 1. The van der Waals surface area contributed by atoms with Crippen molar-refractivity contribution in [1.82, 2.24) is 0 Å². The van der Waals surface area contributed by atoms with Crippen molar-refractivity contribution >= 4 is 35.5 Å². The molecule has 0 saturated carbocycles. The number of carbonyl (C=O) groups excluding carboxylic acids is 2. The molecule has 1 unspecified atom stereocenters. The van der Waals surface area contributed by atoms with E-state index in [0.717, 1.165) is 17.9 Å². The fourth-order valence-electron chi connectivity index (χ4n) is 3.76. The Bertz CT molecular complexity index is 575. The van der Waals surface area contributed by atoms with E-state index >= 15 is 0 Å². The van der Waals surface area contributed by atoms with Crippen molar-refractivity contribution in [3.63, 3.8) is 0 Å². The Kier molecular flexibility index (Phi) is 4.51. The minimum absolute atomic E-state index is 0.193. The third-order valence-corrected chi connectivity index (χ3v) is 7.99. The normalized spacial score (nSPS) is 41.6. The molecule has 4 aliphatic rings. The summed E-state index contributed by atoms with van der Waals surface area (Å²) in [6.45, 7) is 4.94. The second-order valence-corrected chi connectivity index (χ2v) is 10.1. The highest BCUT2D eigenvalue weighted by Gasteiger charge is 2.63. The van der Waals surface area contributed by atoms with Gasteiger partial charge in [0.25, 0.3) is 0 Å². The predicted octanol–water partition coefficient (Wildman–Crippen LogP) is 1.68. The van der Waals surface area contributed by atoms with Crippen LogP contribution in [0.2, 0.25) is 0 Å². The summed E-state index contributed by atoms with van der Waals surface area (Å²) in [5.41, 5.74) is 0. The Morgan fingerprint density at radius 2 is 1.84 bits per heavy atom. The van der Waals surface area contributed by atoms with Crippen molar-refractivity contribution in [2.45, 2.75) is 74.2 Å². The summed E-state index contributed by atoms with van der Waals surface area (Å²) in [4.78, 5) is 23.9. The Hall–Kier alpha value is -0.480. The van der Waals surface area contributed by atoms with Crippen LogP contribution >= 0.6 is 23.5 Å². The minimum Gasteiger partial charge on any atom is -0.458 e. The maximum atomic E-state index is 12.5. The Morgan fingerprint density at radius 1 is 1.16 bits per heavy atom. The summed E-state index contributed by atoms with van der Waals surface area (Å²) in [6.07, 6.45) is -1.10. The van der Waals surface area contributed by atoms with Crippen LogP contribution in [0.25, 0.3) is 0 Å². The highest BCUT2D eigenvalue weighted by Crippen LogP contribution is 2.52. The molecule has 0 aromatic rings. The fourth-order valence-corrected chi connectivity index (χ4v) is 6.91. The third kappa shape index (κ3) is 3.18. The smallest absolute Gasteiger partial charge is 0.333 e. The average Bonchev–Trinajstić information content (AvgIpc) is 3.11. The molecule has 0 N–H and O–H groups in total. The maximum absolute atomic E-state index is 12.5. The number of thioether (sulfide) groups is 2. The monoisotopic (exact) mass is 390 g/mol. The second kappa shape index (κ2) is 6.30. The van der Waals surface area contributed by atoms with Crippen molar-refractivity contribution in [3.8, 4) is 0 Å². The molecular formula is C16H22O7S2. The van der Waals surface area contributed by atoms with Crippen LogP contribution in [0.15, 0.2) is 0 Å². The molecule has 9 heteroatoms. The molecule has 4 fully saturated rings. The van der Waals surface area contributed by atoms with E-state index in [2.05, 4.69) is 0 Å². The van der Waals surface area contributed by atoms with E-state index in [0.29, 0.717) is 6.42 Å². The highest BCUT2D eigenvalue weighted by atomic mass is 32.2. The molecule has 140 valence electrons. The van der Waals surface area contributed by atoms with E-state index in [1.807, 2.05) is 13.8 Å². The van der Waals surface area contributed by atoms with Crippen molar-refractivity contribution < 1.29 is 33.3 Å². The number of fused-ring (bicyclic) bond motifs is 1. The lowest BCUT2D eigenvalue weighted by atomic mass is 10.0. The predicted molar refractivity (Wildman–Crippen MR) is 91.0 cm³/mol. The first-order chi connectivity index (χ1) is 11.8. The van der Waals surface area contributed by atoms with Gasteiger partial charge in [-0.25, -0.2) is 4.79 Å². The zero-order valence-electron chi connectivity index (χ0n) is 14.4. The molecule has 4 aliphatic heterocycles. The van der Waals surface area contributed by atoms with Gasteiger partial charge >= 0.3 is 11.9 Å². The van der Waals surface area contributed by atoms with E-state index in [1.165, 1.54) is 6.92 Å². The van der Waals surface area contributed by atoms with Crippen molar-refractivity contribution in [2.75, 3.05) is 11.5 Å². The molecule has 7 nitrogen and oxygen atoms in total. The summed E-state index contributed by atoms with van der Waals surface area (Å²) in [5.74, 6) is 0.465. The second-order valence-electron chi connectivity index (χ2n) is 7.09. The summed E-state index contributed by atoms with van der Waals surface area (Å²) < 4.78 is 28.1. The lowest BCUT2D eigenvalue weighted by Gasteiger charge is -2.28. The molecule has 0 amide bonds. The van der Waals surface area contributed by atoms with Crippen LogP contribution in [-0.2, 0) is 33.3 Å². The molecule has 4 rings (SSSR count). The number of carbonyl (C=O) groups is 2. The SMILES string of the molecule is CC(=O)OC1O[C@H]([C@H]2CC3(SCCCS3)C(=O)O2)[C@@H]2OC(C)(C)O[C@H]12. The number of rotatable bonds is 2. The van der Waals surface area contributed by atoms with E-state index in [-0.39, 0.29) is 5.97 Å². The molecule has 5 atom stereocenters. The summed E-state index contributed by atoms with van der Waals surface area (Å²) in [5, 5.41) is 0. The van der Waals surface area contributed by atoms with Crippen LogP contribution in [-0.4, -0.2) is 64.0 Å². The van der Waals surface area contributed by atoms with Crippen LogP contribution in [0.1, 0.15) is 33.6 Å². The Morgan fingerprint density at radius 3 is 2.52 bits per heavy atom. The standard InChI is InChI=1S/C16H22O7S2/c1-8(17)19-13-12-11(22-15(2,3)23-12)10(21-13)9-7-16(14(18)20-9)24-5-4-6-25-16/h9-13H,4-7H2,1-3H3/t9-,10-,11+,12+,13?/m1/s1. The Labute approximate surface area is 154 Å². The summed E-state index contributed by atoms with van der Waals surface area (Å²) in [6, 6.07) is 0. The van der Waals surface area contributed by atoms with Gasteiger partial charge in [-0.1, -0.05) is 0 Å². The van der Waals surface area contributed by atoms with Crippen molar-refractivity contribution in [3.05, 3.63) is 0 Å². The van der Waals surface area contributed by atoms with Gasteiger partial charge in [0.2, 0.25) is 6.29 Å². The van der Waals surface area contributed by atoms with Gasteiger partial charge < -0.3 is 23.7 Å². The zero-order valence-corrected chi connectivity index (χ0v) is 16.0. The third-order valence-electron chi connectivity index (χ3n) is 4.69. The lowest BCUT2D eigenvalue weighted by molar-refractivity contribution is -0.239. The quantitative estimate of drug-likeness (QED) is 0.654. The number of ether oxygens (including phenoxy) is 5. The van der Waals surface area contributed by atoms with Crippen LogP contribution in [0.5, 0.6) is 0 Å². The molecule has 25 heavy (non-hydrogen) atoms. The van der Waals surface area contributed by atoms with Crippen molar-refractivity contribution in [1.29, 1.82) is 0 Å². The van der Waals surface area contributed by atoms with Gasteiger partial charge in [0.1, 0.15) is 18.3 Å². The number of esters is 2. The minimum atomic E-state index is -0.851. The number of hydrogen-bond acceptors (Lipinski definition) is 9. The first-order valence-electron chi connectivity index (χ1n) is 8.47. The molecule has 0 aliphatic carbocycles. The van der Waals surface area contributed by atoms with Crippen LogP contribution < -0.4 is 0 Å². The molecule has 1 spiro atoms. The first kappa shape index (κ1) is 17.9. The largest absolute Gasteiger partial charge is 0.458 e. The summed E-state index contributed by atoms with van der Waals surface area (Å²) in [7, 11) is 0. The highest BCUT2D eigenvalue weighted by molar-refractivity contribution is 8.19. The van der Waals surface area contributed by atoms with Gasteiger partial charge in [-0.3, -0.25) is 4.79 Å². The van der Waals surface area contributed by atoms with E-state index in [1.54, 1.807) is 23.5 Å². The van der Waals surface area contributed by atoms with Gasteiger partial charge in [-0.15, -0.1) is 23.5 Å². The van der Waals surface area contributed by atoms with Crippen LogP contribution in [0, 0.1) is 0 Å². The van der Waals surface area contributed by atoms with Crippen molar-refractivity contribution in [2.24, 2.45) is 0 Å². The average molecular weight is 390 g/mol. The lowest BCUT2D eigenvalue weighted by Crippen LogP contribution is -2.39. The summed E-state index contributed by atoms with van der Waals surface area (Å²) >= 11 is 3.31. The van der Waals surface area contributed by atoms with Gasteiger partial charge in [0.15, 0.2) is 16.0 Å². The molecule has 4 saturated heterocycles. The van der Waals surface area contributed by atoms with Crippen LogP contribution in [0.3, 0.4) is 0 Å². The van der Waals surface area contributed by atoms with Gasteiger partial charge in [-0.2, -0.15) is 0 Å². The zero-order chi connectivity index (χ0) is 17.8. The fraction of sp³-hybridized carbons (Fsp3) is 0.875. The molecular weight excluding hydrogens is 368 g/mol. The number of hydrogen-bond donors (Lipinski definition) is 0. The topological polar surface area (TPSA) is 80.3 Å². The molecule has 0 aromatic heterocycles.